The van der Waals surface area contributed by atoms with Crippen LogP contribution in [0.3, 0.4) is 0 Å². The van der Waals surface area contributed by atoms with Crippen molar-refractivity contribution < 1.29 is 0 Å². The van der Waals surface area contributed by atoms with E-state index < -0.39 is 0 Å². The van der Waals surface area contributed by atoms with Gasteiger partial charge in [-0.1, -0.05) is 20.8 Å². The van der Waals surface area contributed by atoms with E-state index in [4.69, 9.17) is 0 Å². The molecule has 90 valence electrons. The number of H-pyrrole nitrogens is 2. The average molecular weight is 231 g/mol. The van der Waals surface area contributed by atoms with Gasteiger partial charge in [0.25, 0.3) is 5.56 Å². The van der Waals surface area contributed by atoms with Gasteiger partial charge in [-0.2, -0.15) is 0 Å². The van der Waals surface area contributed by atoms with Gasteiger partial charge in [-0.05, 0) is 19.1 Å². The summed E-state index contributed by atoms with van der Waals surface area (Å²) in [5, 5.41) is 0. The zero-order valence-corrected chi connectivity index (χ0v) is 10.6. The fourth-order valence-corrected chi connectivity index (χ4v) is 1.63. The molecule has 4 nitrogen and oxygen atoms in total. The monoisotopic (exact) mass is 231 g/mol. The lowest BCUT2D eigenvalue weighted by atomic mass is 9.95. The lowest BCUT2D eigenvalue weighted by Crippen LogP contribution is -2.24. The van der Waals surface area contributed by atoms with Crippen LogP contribution in [0.2, 0.25) is 0 Å². The van der Waals surface area contributed by atoms with Crippen LogP contribution in [-0.4, -0.2) is 15.0 Å². The lowest BCUT2D eigenvalue weighted by Gasteiger charge is -2.18. The van der Waals surface area contributed by atoms with Crippen LogP contribution >= 0.6 is 0 Å². The molecule has 0 radical (unpaired) electrons. The molecule has 2 aromatic rings. The highest BCUT2D eigenvalue weighted by molar-refractivity contribution is 5.58. The molecular formula is C13H17N3O. The van der Waals surface area contributed by atoms with Crippen molar-refractivity contribution in [1.29, 1.82) is 0 Å². The van der Waals surface area contributed by atoms with Crippen molar-refractivity contribution in [1.82, 2.24) is 15.0 Å². The van der Waals surface area contributed by atoms with Gasteiger partial charge in [0.1, 0.15) is 5.82 Å². The second-order valence-corrected chi connectivity index (χ2v) is 5.22. The molecule has 0 aliphatic carbocycles. The summed E-state index contributed by atoms with van der Waals surface area (Å²) in [6, 6.07) is 3.82. The van der Waals surface area contributed by atoms with E-state index in [0.29, 0.717) is 11.4 Å². The summed E-state index contributed by atoms with van der Waals surface area (Å²) in [6.07, 6.45) is 1.83. The third-order valence-electron chi connectivity index (χ3n) is 2.71. The van der Waals surface area contributed by atoms with E-state index in [-0.39, 0.29) is 11.0 Å². The minimum atomic E-state index is -0.172. The summed E-state index contributed by atoms with van der Waals surface area (Å²) in [6.45, 7) is 7.87. The maximum Gasteiger partial charge on any atom is 0.254 e. The maximum absolute atomic E-state index is 11.9. The Morgan fingerprint density at radius 2 is 2.00 bits per heavy atom. The van der Waals surface area contributed by atoms with Gasteiger partial charge in [-0.15, -0.1) is 0 Å². The quantitative estimate of drug-likeness (QED) is 0.791. The van der Waals surface area contributed by atoms with Crippen molar-refractivity contribution in [3.8, 4) is 11.4 Å². The first kappa shape index (κ1) is 11.6. The minimum absolute atomic E-state index is 0.0745. The number of hydrogen-bond acceptors (Lipinski definition) is 2. The van der Waals surface area contributed by atoms with E-state index in [9.17, 15) is 4.79 Å². The molecule has 2 N–H and O–H groups in total. The highest BCUT2D eigenvalue weighted by Gasteiger charge is 2.19. The SMILES string of the molecule is Cc1c(-c2ccc[nH]2)nc(C(C)(C)C)[nH]c1=O. The Hall–Kier alpha value is -1.84. The zero-order chi connectivity index (χ0) is 12.6. The first-order chi connectivity index (χ1) is 7.89. The Bertz CT molecular complexity index is 574. The second kappa shape index (κ2) is 3.87. The summed E-state index contributed by atoms with van der Waals surface area (Å²) >= 11 is 0. The number of hydrogen-bond donors (Lipinski definition) is 2. The molecule has 0 amide bonds. The van der Waals surface area contributed by atoms with Gasteiger partial charge in [0, 0.05) is 17.2 Å². The van der Waals surface area contributed by atoms with Crippen LogP contribution in [0.25, 0.3) is 11.4 Å². The summed E-state index contributed by atoms with van der Waals surface area (Å²) < 4.78 is 0. The molecule has 0 aromatic carbocycles. The van der Waals surface area contributed by atoms with Crippen LogP contribution in [0, 0.1) is 6.92 Å². The largest absolute Gasteiger partial charge is 0.360 e. The summed E-state index contributed by atoms with van der Waals surface area (Å²) in [4.78, 5) is 22.4. The second-order valence-electron chi connectivity index (χ2n) is 5.22. The Balaban J connectivity index is 2.68. The molecule has 0 atom stereocenters. The molecule has 0 bridgehead atoms. The molecule has 0 aliphatic rings. The van der Waals surface area contributed by atoms with Crippen LogP contribution in [0.1, 0.15) is 32.2 Å². The van der Waals surface area contributed by atoms with Crippen molar-refractivity contribution >= 4 is 0 Å². The molecule has 0 unspecified atom stereocenters. The average Bonchev–Trinajstić information content (AvgIpc) is 2.73. The fraction of sp³-hybridized carbons (Fsp3) is 0.385. The number of rotatable bonds is 1. The molecule has 2 rings (SSSR count). The van der Waals surface area contributed by atoms with Crippen LogP contribution in [-0.2, 0) is 5.41 Å². The van der Waals surface area contributed by atoms with Crippen molar-refractivity contribution in [3.05, 3.63) is 40.1 Å². The molecular weight excluding hydrogens is 214 g/mol. The molecule has 2 heterocycles. The van der Waals surface area contributed by atoms with Crippen LogP contribution < -0.4 is 5.56 Å². The standard InChI is InChI=1S/C13H17N3O/c1-8-10(9-6-5-7-14-9)15-12(13(2,3)4)16-11(8)17/h5-7,14H,1-4H3,(H,15,16,17). The van der Waals surface area contributed by atoms with Gasteiger partial charge >= 0.3 is 0 Å². The summed E-state index contributed by atoms with van der Waals surface area (Å²) in [5.41, 5.74) is 1.99. The molecule has 4 heteroatoms. The first-order valence-electron chi connectivity index (χ1n) is 5.65. The molecule has 0 fully saturated rings. The molecule has 0 aliphatic heterocycles. The smallest absolute Gasteiger partial charge is 0.254 e. The van der Waals surface area contributed by atoms with Crippen molar-refractivity contribution in [2.45, 2.75) is 33.1 Å². The summed E-state index contributed by atoms with van der Waals surface area (Å²) in [5.74, 6) is 0.706. The Morgan fingerprint density at radius 1 is 1.29 bits per heavy atom. The van der Waals surface area contributed by atoms with Crippen LogP contribution in [0.5, 0.6) is 0 Å². The molecule has 2 aromatic heterocycles. The molecule has 17 heavy (non-hydrogen) atoms. The highest BCUT2D eigenvalue weighted by Crippen LogP contribution is 2.22. The van der Waals surface area contributed by atoms with E-state index in [1.54, 1.807) is 6.92 Å². The number of nitrogens with one attached hydrogen (secondary N) is 2. The van der Waals surface area contributed by atoms with Crippen molar-refractivity contribution in [2.75, 3.05) is 0 Å². The predicted octanol–water partition coefficient (Wildman–Crippen LogP) is 2.37. The van der Waals surface area contributed by atoms with E-state index in [1.807, 2.05) is 39.1 Å². The first-order valence-corrected chi connectivity index (χ1v) is 5.65. The summed E-state index contributed by atoms with van der Waals surface area (Å²) in [7, 11) is 0. The molecule has 0 saturated heterocycles. The Labute approximate surface area is 100 Å². The van der Waals surface area contributed by atoms with Crippen molar-refractivity contribution in [3.63, 3.8) is 0 Å². The van der Waals surface area contributed by atoms with Crippen LogP contribution in [0.4, 0.5) is 0 Å². The minimum Gasteiger partial charge on any atom is -0.360 e. The van der Waals surface area contributed by atoms with Gasteiger partial charge in [0.05, 0.1) is 11.4 Å². The Morgan fingerprint density at radius 3 is 2.53 bits per heavy atom. The third kappa shape index (κ3) is 2.16. The van der Waals surface area contributed by atoms with Crippen LogP contribution in [0.15, 0.2) is 23.1 Å². The third-order valence-corrected chi connectivity index (χ3v) is 2.71. The fourth-order valence-electron chi connectivity index (χ4n) is 1.63. The van der Waals surface area contributed by atoms with E-state index >= 15 is 0 Å². The van der Waals surface area contributed by atoms with E-state index in [0.717, 1.165) is 11.4 Å². The number of nitrogens with zero attached hydrogens (tertiary/aromatic N) is 1. The van der Waals surface area contributed by atoms with Gasteiger partial charge in [0.15, 0.2) is 0 Å². The Kier molecular flexibility index (Phi) is 2.65. The zero-order valence-electron chi connectivity index (χ0n) is 10.6. The van der Waals surface area contributed by atoms with Gasteiger partial charge in [0.2, 0.25) is 0 Å². The maximum atomic E-state index is 11.9. The van der Waals surface area contributed by atoms with E-state index in [2.05, 4.69) is 15.0 Å². The molecule has 0 spiro atoms. The van der Waals surface area contributed by atoms with Gasteiger partial charge in [-0.3, -0.25) is 4.79 Å². The van der Waals surface area contributed by atoms with Gasteiger partial charge in [-0.25, -0.2) is 4.98 Å². The normalized spacial score (nSPS) is 11.8. The van der Waals surface area contributed by atoms with E-state index in [1.165, 1.54) is 0 Å². The van der Waals surface area contributed by atoms with Gasteiger partial charge < -0.3 is 9.97 Å². The number of aromatic nitrogens is 3. The van der Waals surface area contributed by atoms with Crippen molar-refractivity contribution in [2.24, 2.45) is 0 Å². The highest BCUT2D eigenvalue weighted by atomic mass is 16.1. The number of aromatic amines is 2. The molecule has 0 saturated carbocycles. The topological polar surface area (TPSA) is 61.5 Å². The predicted molar refractivity (Wildman–Crippen MR) is 68.1 cm³/mol. The lowest BCUT2D eigenvalue weighted by molar-refractivity contribution is 0.542.